The van der Waals surface area contributed by atoms with Gasteiger partial charge >= 0.3 is 29.8 Å². The lowest BCUT2D eigenvalue weighted by atomic mass is 10.00. The van der Waals surface area contributed by atoms with Crippen LogP contribution in [-0.4, -0.2) is 75.3 Å². The van der Waals surface area contributed by atoms with Crippen LogP contribution in [0.2, 0.25) is 0 Å². The van der Waals surface area contributed by atoms with Gasteiger partial charge in [0.15, 0.2) is 0 Å². The molecule has 0 unspecified atom stereocenters. The molecule has 0 aromatic carbocycles. The third-order valence-corrected chi connectivity index (χ3v) is 5.86. The predicted octanol–water partition coefficient (Wildman–Crippen LogP) is 2.66. The molecule has 0 saturated heterocycles. The Balaban J connectivity index is 2.13. The highest BCUT2D eigenvalue weighted by Crippen LogP contribution is 2.35. The van der Waals surface area contributed by atoms with Crippen LogP contribution in [0.3, 0.4) is 0 Å². The lowest BCUT2D eigenvalue weighted by Crippen LogP contribution is -2.11. The van der Waals surface area contributed by atoms with Crippen molar-refractivity contribution in [1.29, 1.82) is 0 Å². The Hall–Kier alpha value is -6.05. The number of nitrogens with one attached hydrogen (secondary N) is 2. The maximum atomic E-state index is 12.5. The van der Waals surface area contributed by atoms with Crippen molar-refractivity contribution in [3.05, 3.63) is 69.8 Å². The van der Waals surface area contributed by atoms with E-state index in [4.69, 9.17) is 0 Å². The van der Waals surface area contributed by atoms with Crippen LogP contribution in [0.5, 0.6) is 0 Å². The van der Waals surface area contributed by atoms with E-state index < -0.39 is 74.6 Å². The van der Waals surface area contributed by atoms with E-state index in [9.17, 15) is 49.5 Å². The number of carboxylic acid groups (broad SMARTS) is 5. The van der Waals surface area contributed by atoms with Crippen molar-refractivity contribution < 1.29 is 49.5 Å². The summed E-state index contributed by atoms with van der Waals surface area (Å²) < 4.78 is 0. The summed E-state index contributed by atoms with van der Waals surface area (Å²) in [7, 11) is 0. The predicted molar refractivity (Wildman–Crippen MR) is 133 cm³/mol. The molecule has 0 atom stereocenters. The van der Waals surface area contributed by atoms with Crippen LogP contribution in [0.4, 0.5) is 0 Å². The number of rotatable bonds is 5. The minimum absolute atomic E-state index is 0.198. The van der Waals surface area contributed by atoms with Crippen LogP contribution in [0.15, 0.2) is 30.3 Å². The van der Waals surface area contributed by atoms with E-state index in [0.29, 0.717) is 11.2 Å². The van der Waals surface area contributed by atoms with Gasteiger partial charge in [0, 0.05) is 11.0 Å². The normalized spacial score (nSPS) is 12.4. The van der Waals surface area contributed by atoms with Crippen LogP contribution >= 0.6 is 0 Å². The second-order valence-electron chi connectivity index (χ2n) is 8.26. The fraction of sp³-hybridized carbons (Fsp3) is 0. The van der Waals surface area contributed by atoms with Crippen LogP contribution < -0.4 is 0 Å². The minimum Gasteiger partial charge on any atom is -0.478 e. The molecule has 0 saturated carbocycles. The molecule has 5 heterocycles. The zero-order valence-electron chi connectivity index (χ0n) is 19.2. The molecule has 0 spiro atoms. The molecule has 14 nitrogen and oxygen atoms in total. The number of H-pyrrole nitrogens is 2. The molecule has 194 valence electrons. The SMILES string of the molecule is O=C(O)C1=C(C(=O)O)c2nc1cc1ccc(cc3nc(cc4[nH]c(c2C(=O)O)c(C(=O)O)c4C(=O)O)C=C3)[nH]1. The number of aromatic amines is 2. The molecule has 39 heavy (non-hydrogen) atoms. The minimum atomic E-state index is -1.89. The van der Waals surface area contributed by atoms with E-state index in [1.807, 2.05) is 0 Å². The lowest BCUT2D eigenvalue weighted by Gasteiger charge is -2.03. The lowest BCUT2D eigenvalue weighted by molar-refractivity contribution is -0.132. The highest BCUT2D eigenvalue weighted by Gasteiger charge is 2.36. The number of fused-ring (bicyclic) bond motifs is 8. The van der Waals surface area contributed by atoms with Crippen molar-refractivity contribution in [1.82, 2.24) is 19.9 Å². The third-order valence-electron chi connectivity index (χ3n) is 5.86. The maximum absolute atomic E-state index is 12.5. The Bertz CT molecular complexity index is 1910. The van der Waals surface area contributed by atoms with Gasteiger partial charge in [0.05, 0.1) is 39.4 Å². The molecular weight excluding hydrogens is 516 g/mol. The quantitative estimate of drug-likeness (QED) is 0.197. The molecule has 14 heteroatoms. The van der Waals surface area contributed by atoms with Gasteiger partial charge in [0.25, 0.3) is 0 Å². The second kappa shape index (κ2) is 8.81. The van der Waals surface area contributed by atoms with Crippen molar-refractivity contribution in [3.8, 4) is 0 Å². The number of hydrogen-bond donors (Lipinski definition) is 7. The van der Waals surface area contributed by atoms with Crippen molar-refractivity contribution in [2.24, 2.45) is 0 Å². The summed E-state index contributed by atoms with van der Waals surface area (Å²) in [6, 6.07) is 7.14. The molecule has 7 N–H and O–H groups in total. The fourth-order valence-corrected chi connectivity index (χ4v) is 4.37. The zero-order chi connectivity index (χ0) is 28.2. The smallest absolute Gasteiger partial charge is 0.340 e. The summed E-state index contributed by atoms with van der Waals surface area (Å²) in [4.78, 5) is 75.0. The van der Waals surface area contributed by atoms with Gasteiger partial charge in [-0.05, 0) is 42.5 Å². The van der Waals surface area contributed by atoms with Crippen LogP contribution in [0.1, 0.15) is 53.8 Å². The number of carbonyl (C=O) groups is 5. The van der Waals surface area contributed by atoms with E-state index in [1.165, 1.54) is 18.2 Å². The van der Waals surface area contributed by atoms with Gasteiger partial charge in [-0.3, -0.25) is 0 Å². The molecule has 2 aliphatic rings. The van der Waals surface area contributed by atoms with Gasteiger partial charge in [0.1, 0.15) is 22.3 Å². The summed E-state index contributed by atoms with van der Waals surface area (Å²) in [6.45, 7) is 0. The van der Waals surface area contributed by atoms with Gasteiger partial charge in [-0.15, -0.1) is 0 Å². The Kier molecular flexibility index (Phi) is 5.56. The average molecular weight is 530 g/mol. The first kappa shape index (κ1) is 24.6. The summed E-state index contributed by atoms with van der Waals surface area (Å²) in [5, 5.41) is 49.6. The average Bonchev–Trinajstić information content (AvgIpc) is 3.60. The van der Waals surface area contributed by atoms with E-state index in [1.54, 1.807) is 24.3 Å². The molecule has 0 amide bonds. The van der Waals surface area contributed by atoms with Crippen LogP contribution in [-0.2, 0) is 9.59 Å². The van der Waals surface area contributed by atoms with E-state index in [2.05, 4.69) is 19.9 Å². The monoisotopic (exact) mass is 530 g/mol. The van der Waals surface area contributed by atoms with Gasteiger partial charge in [0.2, 0.25) is 0 Å². The standard InChI is InChI=1S/C25H14N4O10/c30-21(31)14-12-6-10-3-1-8(26-10)5-9-2-4-11(27-9)7-13-15(22(32)33)17(24(36)37)20(29-13)18(25(38)39)19(28-12)16(14)23(34)35/h1-7,26,29H,(H,30,31)(H,32,33)(H,34,35)(H,36,37)(H,38,39). The first-order valence-corrected chi connectivity index (χ1v) is 10.8. The molecule has 5 rings (SSSR count). The second-order valence-corrected chi connectivity index (χ2v) is 8.26. The molecule has 0 radical (unpaired) electrons. The molecule has 3 aromatic heterocycles. The first-order chi connectivity index (χ1) is 18.5. The number of hydrogen-bond acceptors (Lipinski definition) is 7. The highest BCUT2D eigenvalue weighted by molar-refractivity contribution is 6.38. The summed E-state index contributed by atoms with van der Waals surface area (Å²) in [5.41, 5.74) is -5.79. The number of carboxylic acids is 5. The van der Waals surface area contributed by atoms with Gasteiger partial charge in [-0.25, -0.2) is 33.9 Å². The Morgan fingerprint density at radius 2 is 1.15 bits per heavy atom. The molecule has 0 aliphatic carbocycles. The van der Waals surface area contributed by atoms with E-state index >= 15 is 0 Å². The van der Waals surface area contributed by atoms with Gasteiger partial charge in [-0.1, -0.05) is 0 Å². The maximum Gasteiger partial charge on any atom is 0.340 e. The zero-order valence-corrected chi connectivity index (χ0v) is 19.2. The molecule has 3 aromatic rings. The van der Waals surface area contributed by atoms with Crippen molar-refractivity contribution in [3.63, 3.8) is 0 Å². The number of aromatic carboxylic acids is 3. The van der Waals surface area contributed by atoms with Crippen LogP contribution in [0, 0.1) is 0 Å². The molecule has 8 bridgehead atoms. The molecular formula is C25H14N4O10. The van der Waals surface area contributed by atoms with Crippen molar-refractivity contribution in [2.75, 3.05) is 0 Å². The summed E-state index contributed by atoms with van der Waals surface area (Å²) in [6.07, 6.45) is 3.11. The first-order valence-electron chi connectivity index (χ1n) is 10.8. The highest BCUT2D eigenvalue weighted by atomic mass is 16.4. The molecule has 2 aliphatic heterocycles. The van der Waals surface area contributed by atoms with E-state index in [-0.39, 0.29) is 16.7 Å². The summed E-state index contributed by atoms with van der Waals surface area (Å²) >= 11 is 0. The number of nitrogens with zero attached hydrogens (tertiary/aromatic N) is 2. The largest absolute Gasteiger partial charge is 0.478 e. The topological polar surface area (TPSA) is 244 Å². The van der Waals surface area contributed by atoms with Crippen molar-refractivity contribution >= 4 is 75.2 Å². The molecule has 0 fully saturated rings. The van der Waals surface area contributed by atoms with Gasteiger partial charge < -0.3 is 35.5 Å². The Morgan fingerprint density at radius 1 is 0.590 bits per heavy atom. The third kappa shape index (κ3) is 4.07. The van der Waals surface area contributed by atoms with E-state index in [0.717, 1.165) is 0 Å². The fourth-order valence-electron chi connectivity index (χ4n) is 4.37. The van der Waals surface area contributed by atoms with Crippen molar-refractivity contribution in [2.45, 2.75) is 0 Å². The number of aromatic nitrogens is 4. The summed E-state index contributed by atoms with van der Waals surface area (Å²) in [5.74, 6) is -9.05. The Morgan fingerprint density at radius 3 is 1.72 bits per heavy atom. The van der Waals surface area contributed by atoms with Gasteiger partial charge in [-0.2, -0.15) is 0 Å². The Labute approximate surface area is 214 Å². The van der Waals surface area contributed by atoms with Crippen LogP contribution in [0.25, 0.3) is 45.4 Å². The number of aliphatic carboxylic acids is 2.